The Hall–Kier alpha value is -3.92. The summed E-state index contributed by atoms with van der Waals surface area (Å²) < 4.78 is 19.6. The minimum absolute atomic E-state index is 0.124. The van der Waals surface area contributed by atoms with E-state index in [2.05, 4.69) is 25.2 Å². The molecule has 1 aliphatic carbocycles. The smallest absolute Gasteiger partial charge is 0.202 e. The molecule has 1 aliphatic heterocycles. The average molecular weight is 471 g/mol. The molecule has 5 heterocycles. The van der Waals surface area contributed by atoms with Gasteiger partial charge in [0.1, 0.15) is 28.4 Å². The maximum Gasteiger partial charge on any atom is 0.202 e. The number of fused-ring (bicyclic) bond motifs is 3. The minimum Gasteiger partial charge on any atom is -0.361 e. The van der Waals surface area contributed by atoms with Gasteiger partial charge < -0.3 is 15.2 Å². The SMILES string of the molecule is Cc1cc([C@@]2(CN)[C@@H]3CCN(c4cnc5c(-c6ccc(F)c7ncccc67)[nH]nc5n4)C[C@@H]32)no1. The molecule has 0 amide bonds. The molecular formula is C25H23FN8O. The van der Waals surface area contributed by atoms with Gasteiger partial charge in [0.2, 0.25) is 5.65 Å². The fourth-order valence-corrected chi connectivity index (χ4v) is 6.04. The van der Waals surface area contributed by atoms with Gasteiger partial charge in [-0.2, -0.15) is 5.10 Å². The molecule has 7 rings (SSSR count). The number of rotatable bonds is 4. The standard InChI is InChI=1S/C25H23FN8O/c1-13-9-19(33-35-13)25(12-27)16-6-8-34(11-17(16)25)20-10-29-23-22(31-32-24(23)30-20)15-4-5-18(26)21-14(15)3-2-7-28-21/h2-5,7,9-10,16-17H,6,8,11-12,27H2,1H3,(H,30,31,32)/t16-,17+,25+/m1/s1. The quantitative estimate of drug-likeness (QED) is 0.410. The van der Waals surface area contributed by atoms with E-state index in [1.807, 2.05) is 19.1 Å². The van der Waals surface area contributed by atoms with Crippen LogP contribution in [-0.2, 0) is 5.41 Å². The first-order valence-corrected chi connectivity index (χ1v) is 11.7. The number of pyridine rings is 1. The minimum atomic E-state index is -0.362. The molecule has 35 heavy (non-hydrogen) atoms. The van der Waals surface area contributed by atoms with Crippen LogP contribution in [0.2, 0.25) is 0 Å². The highest BCUT2D eigenvalue weighted by Gasteiger charge is 2.67. The number of piperidine rings is 1. The summed E-state index contributed by atoms with van der Waals surface area (Å²) >= 11 is 0. The van der Waals surface area contributed by atoms with E-state index < -0.39 is 0 Å². The number of H-pyrrole nitrogens is 1. The predicted octanol–water partition coefficient (Wildman–Crippen LogP) is 3.36. The molecule has 0 unspecified atom stereocenters. The zero-order valence-electron chi connectivity index (χ0n) is 19.1. The van der Waals surface area contributed by atoms with Crippen LogP contribution in [0.1, 0.15) is 17.9 Å². The molecule has 0 spiro atoms. The number of nitrogens with one attached hydrogen (secondary N) is 1. The first-order chi connectivity index (χ1) is 17.1. The Kier molecular flexibility index (Phi) is 4.26. The van der Waals surface area contributed by atoms with Crippen LogP contribution in [0, 0.1) is 24.6 Å². The maximum absolute atomic E-state index is 14.3. The van der Waals surface area contributed by atoms with Crippen LogP contribution in [0.25, 0.3) is 33.3 Å². The summed E-state index contributed by atoms with van der Waals surface area (Å²) in [4.78, 5) is 16.0. The molecule has 1 saturated heterocycles. The van der Waals surface area contributed by atoms with Crippen molar-refractivity contribution < 1.29 is 8.91 Å². The van der Waals surface area contributed by atoms with Gasteiger partial charge in [0.15, 0.2) is 0 Å². The maximum atomic E-state index is 14.3. The molecule has 5 aromatic rings. The molecule has 2 fully saturated rings. The second-order valence-electron chi connectivity index (χ2n) is 9.51. The van der Waals surface area contributed by atoms with Gasteiger partial charge in [0.25, 0.3) is 0 Å². The van der Waals surface area contributed by atoms with Crippen LogP contribution in [0.3, 0.4) is 0 Å². The fraction of sp³-hybridized carbons (Fsp3) is 0.320. The topological polar surface area (TPSA) is 123 Å². The summed E-state index contributed by atoms with van der Waals surface area (Å²) in [6, 6.07) is 8.78. The van der Waals surface area contributed by atoms with Gasteiger partial charge in [-0.3, -0.25) is 10.1 Å². The number of aromatic amines is 1. The number of hydrogen-bond donors (Lipinski definition) is 2. The Balaban J connectivity index is 1.21. The predicted molar refractivity (Wildman–Crippen MR) is 128 cm³/mol. The monoisotopic (exact) mass is 470 g/mol. The van der Waals surface area contributed by atoms with Crippen molar-refractivity contribution in [1.29, 1.82) is 0 Å². The van der Waals surface area contributed by atoms with Crippen LogP contribution >= 0.6 is 0 Å². The zero-order valence-corrected chi connectivity index (χ0v) is 19.1. The number of halogens is 1. The van der Waals surface area contributed by atoms with Gasteiger partial charge in [-0.15, -0.1) is 0 Å². The summed E-state index contributed by atoms with van der Waals surface area (Å²) in [5, 5.41) is 12.5. The molecule has 4 aromatic heterocycles. The van der Waals surface area contributed by atoms with Crippen molar-refractivity contribution in [2.75, 3.05) is 24.5 Å². The molecule has 2 aliphatic rings. The highest BCUT2D eigenvalue weighted by molar-refractivity contribution is 6.00. The number of hydrogen-bond acceptors (Lipinski definition) is 8. The number of aromatic nitrogens is 6. The average Bonchev–Trinajstić information content (AvgIpc) is 3.13. The summed E-state index contributed by atoms with van der Waals surface area (Å²) in [6.45, 7) is 4.16. The molecule has 1 aromatic carbocycles. The highest BCUT2D eigenvalue weighted by atomic mass is 19.1. The van der Waals surface area contributed by atoms with Crippen molar-refractivity contribution in [1.82, 2.24) is 30.3 Å². The normalized spacial score (nSPS) is 23.7. The van der Waals surface area contributed by atoms with E-state index in [-0.39, 0.29) is 11.2 Å². The summed E-state index contributed by atoms with van der Waals surface area (Å²) in [6.07, 6.45) is 4.38. The van der Waals surface area contributed by atoms with Gasteiger partial charge in [-0.05, 0) is 43.4 Å². The summed E-state index contributed by atoms with van der Waals surface area (Å²) in [7, 11) is 0. The molecule has 3 atom stereocenters. The third-order valence-corrected chi connectivity index (χ3v) is 7.84. The van der Waals surface area contributed by atoms with Crippen molar-refractivity contribution in [3.8, 4) is 11.3 Å². The molecular weight excluding hydrogens is 447 g/mol. The Morgan fingerprint density at radius 1 is 1.23 bits per heavy atom. The Morgan fingerprint density at radius 2 is 2.14 bits per heavy atom. The molecule has 3 N–H and O–H groups in total. The van der Waals surface area contributed by atoms with Crippen LogP contribution in [0.5, 0.6) is 0 Å². The number of anilines is 1. The van der Waals surface area contributed by atoms with Crippen molar-refractivity contribution in [3.05, 3.63) is 60.0 Å². The number of nitrogens with two attached hydrogens (primary N) is 1. The van der Waals surface area contributed by atoms with E-state index in [9.17, 15) is 4.39 Å². The van der Waals surface area contributed by atoms with Crippen LogP contribution in [0.15, 0.2) is 47.2 Å². The van der Waals surface area contributed by atoms with Crippen molar-refractivity contribution in [3.63, 3.8) is 0 Å². The van der Waals surface area contributed by atoms with Gasteiger partial charge in [-0.25, -0.2) is 14.4 Å². The first-order valence-electron chi connectivity index (χ1n) is 11.7. The Bertz CT molecular complexity index is 1600. The van der Waals surface area contributed by atoms with Gasteiger partial charge in [0.05, 0.1) is 17.6 Å². The van der Waals surface area contributed by atoms with E-state index in [1.54, 1.807) is 24.5 Å². The number of nitrogens with zero attached hydrogens (tertiary/aromatic N) is 6. The summed E-state index contributed by atoms with van der Waals surface area (Å²) in [5.41, 5.74) is 10.1. The number of benzene rings is 1. The van der Waals surface area contributed by atoms with E-state index in [4.69, 9.17) is 20.2 Å². The van der Waals surface area contributed by atoms with Gasteiger partial charge >= 0.3 is 0 Å². The van der Waals surface area contributed by atoms with E-state index in [0.29, 0.717) is 46.1 Å². The van der Waals surface area contributed by atoms with Crippen molar-refractivity contribution >= 4 is 27.9 Å². The highest BCUT2D eigenvalue weighted by Crippen LogP contribution is 2.62. The van der Waals surface area contributed by atoms with E-state index >= 15 is 0 Å². The molecule has 176 valence electrons. The number of aryl methyl sites for hydroxylation is 1. The molecule has 0 radical (unpaired) electrons. The summed E-state index contributed by atoms with van der Waals surface area (Å²) in [5.74, 6) is 2.13. The second kappa shape index (κ2) is 7.29. The van der Waals surface area contributed by atoms with Crippen LogP contribution in [-0.4, -0.2) is 49.9 Å². The Labute approximate surface area is 199 Å². The lowest BCUT2D eigenvalue weighted by molar-refractivity contribution is 0.379. The third-order valence-electron chi connectivity index (χ3n) is 7.84. The first kappa shape index (κ1) is 20.5. The molecule has 1 saturated carbocycles. The lowest BCUT2D eigenvalue weighted by Gasteiger charge is -2.26. The molecule has 10 heteroatoms. The zero-order chi connectivity index (χ0) is 23.7. The van der Waals surface area contributed by atoms with Crippen LogP contribution < -0.4 is 10.6 Å². The molecule has 9 nitrogen and oxygen atoms in total. The van der Waals surface area contributed by atoms with Crippen molar-refractivity contribution in [2.45, 2.75) is 18.8 Å². The van der Waals surface area contributed by atoms with Gasteiger partial charge in [0, 0.05) is 48.3 Å². The Morgan fingerprint density at radius 3 is 2.97 bits per heavy atom. The van der Waals surface area contributed by atoms with Crippen molar-refractivity contribution in [2.24, 2.45) is 17.6 Å². The van der Waals surface area contributed by atoms with E-state index in [1.165, 1.54) is 6.07 Å². The van der Waals surface area contributed by atoms with E-state index in [0.717, 1.165) is 42.3 Å². The van der Waals surface area contributed by atoms with Crippen LogP contribution in [0.4, 0.5) is 10.2 Å². The van der Waals surface area contributed by atoms with Gasteiger partial charge in [-0.1, -0.05) is 11.2 Å². The fourth-order valence-electron chi connectivity index (χ4n) is 6.04. The molecule has 0 bridgehead atoms. The lowest BCUT2D eigenvalue weighted by Crippen LogP contribution is -2.32. The lowest BCUT2D eigenvalue weighted by atomic mass is 9.97. The second-order valence-corrected chi connectivity index (χ2v) is 9.51. The largest absolute Gasteiger partial charge is 0.361 e. The third kappa shape index (κ3) is 2.86.